The maximum absolute atomic E-state index is 13.9. The molecule has 1 aliphatic heterocycles. The number of carbonyl (C=O) groups is 1. The van der Waals surface area contributed by atoms with E-state index in [0.29, 0.717) is 40.8 Å². The minimum atomic E-state index is -4.87. The Hall–Kier alpha value is -4.42. The fraction of sp³-hybridized carbons (Fsp3) is 0.286. The second kappa shape index (κ2) is 13.4. The summed E-state index contributed by atoms with van der Waals surface area (Å²) in [5, 5.41) is 7.06. The van der Waals surface area contributed by atoms with Crippen molar-refractivity contribution >= 4 is 44.9 Å². The number of nitrogens with two attached hydrogens (primary N) is 2. The molecule has 0 fully saturated rings. The molecule has 0 radical (unpaired) electrons. The monoisotopic (exact) mass is 742 g/mol. The van der Waals surface area contributed by atoms with Gasteiger partial charge in [-0.15, -0.1) is 0 Å². The van der Waals surface area contributed by atoms with Crippen molar-refractivity contribution in [3.05, 3.63) is 80.6 Å². The van der Waals surface area contributed by atoms with Gasteiger partial charge in [-0.05, 0) is 47.0 Å². The molecule has 12 nitrogen and oxygen atoms in total. The van der Waals surface area contributed by atoms with Gasteiger partial charge in [-0.25, -0.2) is 20.5 Å². The largest absolute Gasteiger partial charge is 0.432 e. The van der Waals surface area contributed by atoms with Gasteiger partial charge in [-0.2, -0.15) is 27.1 Å². The molecule has 4 aromatic rings. The summed E-state index contributed by atoms with van der Waals surface area (Å²) in [6.07, 6.45) is 1.58. The number of rotatable bonds is 5. The molecule has 19 heteroatoms. The first-order valence-electron chi connectivity index (χ1n) is 13.8. The van der Waals surface area contributed by atoms with Crippen molar-refractivity contribution in [1.29, 1.82) is 0 Å². The summed E-state index contributed by atoms with van der Waals surface area (Å²) in [5.41, 5.74) is 3.62. The number of alkyl halides is 5. The van der Waals surface area contributed by atoms with Crippen LogP contribution in [-0.4, -0.2) is 41.4 Å². The summed E-state index contributed by atoms with van der Waals surface area (Å²) in [6, 6.07) is 3.54. The molecule has 248 valence electrons. The zero-order chi connectivity index (χ0) is 34.2. The molecule has 2 bridgehead atoms. The van der Waals surface area contributed by atoms with Crippen molar-refractivity contribution in [2.24, 2.45) is 17.5 Å². The number of fused-ring (bicyclic) bond motifs is 4. The molecule has 47 heavy (non-hydrogen) atoms. The smallest absolute Gasteiger partial charge is 0.393 e. The van der Waals surface area contributed by atoms with E-state index >= 15 is 0 Å². The highest BCUT2D eigenvalue weighted by Crippen LogP contribution is 2.36. The quantitative estimate of drug-likeness (QED) is 0.131. The van der Waals surface area contributed by atoms with E-state index < -0.39 is 35.9 Å². The van der Waals surface area contributed by atoms with E-state index in [2.05, 4.69) is 41.3 Å². The van der Waals surface area contributed by atoms with Crippen molar-refractivity contribution in [1.82, 2.24) is 29.3 Å². The molecule has 5 N–H and O–H groups in total. The summed E-state index contributed by atoms with van der Waals surface area (Å²) in [6.45, 7) is -1.32. The number of nitrogens with one attached hydrogen (secondary N) is 1. The number of hydrogen-bond donors (Lipinski definition) is 3. The lowest BCUT2D eigenvalue weighted by Gasteiger charge is -2.23. The maximum atomic E-state index is 13.9. The number of hydrogen-bond acceptors (Lipinski definition) is 9. The lowest BCUT2D eigenvalue weighted by molar-refractivity contribution is -0.119. The first-order valence-corrected chi connectivity index (χ1v) is 15.0. The predicted molar refractivity (Wildman–Crippen MR) is 166 cm³/mol. The lowest BCUT2D eigenvalue weighted by Crippen LogP contribution is -2.31. The van der Waals surface area contributed by atoms with Crippen LogP contribution in [0.25, 0.3) is 22.5 Å². The van der Waals surface area contributed by atoms with E-state index in [1.807, 2.05) is 0 Å². The zero-order valence-corrected chi connectivity index (χ0v) is 26.6. The van der Waals surface area contributed by atoms with Crippen LogP contribution in [0.3, 0.4) is 0 Å². The zero-order valence-electron chi connectivity index (χ0n) is 24.2. The van der Waals surface area contributed by atoms with Crippen molar-refractivity contribution < 1.29 is 26.7 Å². The molecule has 0 saturated heterocycles. The Labute approximate surface area is 276 Å². The summed E-state index contributed by atoms with van der Waals surface area (Å²) in [7, 11) is 0. The average Bonchev–Trinajstić information content (AvgIpc) is 3.43. The van der Waals surface area contributed by atoms with Gasteiger partial charge in [-0.3, -0.25) is 24.1 Å². The molecule has 1 aliphatic rings. The number of carbonyl (C=O) groups excluding carboxylic acids is 1. The number of amides is 1. The van der Waals surface area contributed by atoms with E-state index in [9.17, 15) is 31.5 Å². The SMILES string of the molecule is CC1CCCC(n2cnc(-c3cc(Cl)cnc3N(N)/C=C(\N)C(F)(F)F)c(Br)c2=O)c2cc(ccn2)-c2c(cnn2C(F)F)NC1=O. The van der Waals surface area contributed by atoms with Gasteiger partial charge in [0.15, 0.2) is 5.82 Å². The first kappa shape index (κ1) is 33.9. The first-order chi connectivity index (χ1) is 22.2. The molecule has 1 amide bonds. The van der Waals surface area contributed by atoms with Gasteiger partial charge in [0.1, 0.15) is 10.2 Å². The molecule has 2 atom stereocenters. The summed E-state index contributed by atoms with van der Waals surface area (Å²) in [4.78, 5) is 39.7. The highest BCUT2D eigenvalue weighted by atomic mass is 79.9. The van der Waals surface area contributed by atoms with E-state index in [-0.39, 0.29) is 49.4 Å². The third kappa shape index (κ3) is 6.98. The van der Waals surface area contributed by atoms with Crippen LogP contribution in [0.5, 0.6) is 0 Å². The van der Waals surface area contributed by atoms with Gasteiger partial charge in [-0.1, -0.05) is 24.9 Å². The van der Waals surface area contributed by atoms with E-state index in [1.54, 1.807) is 6.92 Å². The standard InChI is InChI=1S/C28H25BrClF5N10O2/c1-13-3-2-4-19(17-7-14(5-6-38-17)23-18(42-25(13)46)10-41-45(23)27(31)32)43-12-40-22(21(29)26(43)47)16-8-15(30)9-39-24(16)44(37)11-20(36)28(33,34)35/h5-13,19,27H,2-4,36-37H2,1H3,(H,42,46)/b20-11-. The van der Waals surface area contributed by atoms with Crippen LogP contribution in [0.4, 0.5) is 33.5 Å². The van der Waals surface area contributed by atoms with Gasteiger partial charge in [0.2, 0.25) is 5.91 Å². The van der Waals surface area contributed by atoms with Crippen molar-refractivity contribution in [3.63, 3.8) is 0 Å². The second-order valence-corrected chi connectivity index (χ2v) is 11.8. The molecule has 5 heterocycles. The van der Waals surface area contributed by atoms with Crippen LogP contribution in [-0.2, 0) is 4.79 Å². The second-order valence-electron chi connectivity index (χ2n) is 10.6. The number of halogens is 7. The minimum absolute atomic E-state index is 0.00814. The number of aromatic nitrogens is 6. The predicted octanol–water partition coefficient (Wildman–Crippen LogP) is 5.77. The minimum Gasteiger partial charge on any atom is -0.393 e. The molecule has 0 aliphatic carbocycles. The fourth-order valence-electron chi connectivity index (χ4n) is 5.05. The lowest BCUT2D eigenvalue weighted by atomic mass is 9.97. The molecular formula is C28H25BrClF5N10O2. The van der Waals surface area contributed by atoms with Crippen LogP contribution in [0.15, 0.2) is 64.3 Å². The number of hydrazine groups is 1. The number of nitrogens with zero attached hydrogens (tertiary/aromatic N) is 7. The fourth-order valence-corrected chi connectivity index (χ4v) is 5.73. The van der Waals surface area contributed by atoms with Crippen LogP contribution in [0.2, 0.25) is 5.02 Å². The van der Waals surface area contributed by atoms with Gasteiger partial charge >= 0.3 is 12.7 Å². The van der Waals surface area contributed by atoms with Gasteiger partial charge in [0, 0.05) is 29.4 Å². The molecule has 5 rings (SSSR count). The summed E-state index contributed by atoms with van der Waals surface area (Å²) in [5.74, 6) is 4.72. The third-order valence-electron chi connectivity index (χ3n) is 7.41. The van der Waals surface area contributed by atoms with Gasteiger partial charge < -0.3 is 11.1 Å². The van der Waals surface area contributed by atoms with E-state index in [1.165, 1.54) is 35.3 Å². The Bertz CT molecular complexity index is 1920. The van der Waals surface area contributed by atoms with Crippen molar-refractivity contribution in [2.45, 2.75) is 45.0 Å². The van der Waals surface area contributed by atoms with Crippen molar-refractivity contribution in [3.8, 4) is 22.5 Å². The molecule has 0 aromatic carbocycles. The number of anilines is 2. The molecule has 0 saturated carbocycles. The maximum Gasteiger partial charge on any atom is 0.432 e. The molecule has 2 unspecified atom stereocenters. The Morgan fingerprint density at radius 2 is 1.94 bits per heavy atom. The van der Waals surface area contributed by atoms with Crippen LogP contribution in [0, 0.1) is 5.92 Å². The van der Waals surface area contributed by atoms with Crippen molar-refractivity contribution in [2.75, 3.05) is 10.3 Å². The average molecular weight is 744 g/mol. The van der Waals surface area contributed by atoms with Gasteiger partial charge in [0.05, 0.1) is 52.6 Å². The summed E-state index contributed by atoms with van der Waals surface area (Å²) < 4.78 is 68.8. The van der Waals surface area contributed by atoms with E-state index in [4.69, 9.17) is 23.2 Å². The Morgan fingerprint density at radius 3 is 2.64 bits per heavy atom. The molecular weight excluding hydrogens is 719 g/mol. The van der Waals surface area contributed by atoms with Crippen LogP contribution in [0.1, 0.15) is 44.5 Å². The van der Waals surface area contributed by atoms with Crippen LogP contribution < -0.4 is 27.5 Å². The van der Waals surface area contributed by atoms with Gasteiger partial charge in [0.25, 0.3) is 5.56 Å². The highest BCUT2D eigenvalue weighted by molar-refractivity contribution is 9.10. The van der Waals surface area contributed by atoms with Crippen LogP contribution >= 0.6 is 27.5 Å². The summed E-state index contributed by atoms with van der Waals surface area (Å²) >= 11 is 9.42. The number of pyridine rings is 2. The Kier molecular flexibility index (Phi) is 9.65. The molecule has 0 spiro atoms. The number of allylic oxidation sites excluding steroid dienone is 1. The highest BCUT2D eigenvalue weighted by Gasteiger charge is 2.33. The Balaban J connectivity index is 1.63. The molecule has 4 aromatic heterocycles. The topological polar surface area (TPSA) is 163 Å². The van der Waals surface area contributed by atoms with E-state index in [0.717, 1.165) is 12.4 Å². The Morgan fingerprint density at radius 1 is 1.19 bits per heavy atom. The third-order valence-corrected chi connectivity index (χ3v) is 8.33. The normalized spacial score (nSPS) is 17.5.